The van der Waals surface area contributed by atoms with Gasteiger partial charge in [-0.15, -0.1) is 0 Å². The first kappa shape index (κ1) is 20.5. The lowest BCUT2D eigenvalue weighted by Gasteiger charge is -2.30. The molecule has 0 N–H and O–H groups in total. The Morgan fingerprint density at radius 2 is 1.93 bits per heavy atom. The lowest BCUT2D eigenvalue weighted by atomic mass is 10.0. The molecule has 28 heavy (non-hydrogen) atoms. The molecule has 0 radical (unpaired) electrons. The number of hydrogen-bond donors (Lipinski definition) is 0. The Kier molecular flexibility index (Phi) is 6.13. The zero-order valence-electron chi connectivity index (χ0n) is 16.5. The molecular formula is C21H27NO5S. The van der Waals surface area contributed by atoms with Crippen molar-refractivity contribution >= 4 is 15.7 Å². The molecule has 1 aromatic heterocycles. The molecule has 0 spiro atoms. The highest BCUT2D eigenvalue weighted by atomic mass is 32.2. The number of carbonyl (C=O) groups excluding carboxylic acids is 1. The number of amides is 1. The Bertz CT molecular complexity index is 887. The number of carbonyl (C=O) groups is 1. The van der Waals surface area contributed by atoms with Crippen molar-refractivity contribution in [2.24, 2.45) is 0 Å². The lowest BCUT2D eigenvalue weighted by molar-refractivity contribution is -0.140. The van der Waals surface area contributed by atoms with E-state index in [4.69, 9.17) is 9.15 Å². The summed E-state index contributed by atoms with van der Waals surface area (Å²) in [6, 6.07) is 10.9. The minimum atomic E-state index is -3.12. The predicted octanol–water partition coefficient (Wildman–Crippen LogP) is 3.39. The van der Waals surface area contributed by atoms with Gasteiger partial charge in [0.1, 0.15) is 11.5 Å². The van der Waals surface area contributed by atoms with Crippen LogP contribution in [0, 0.1) is 0 Å². The van der Waals surface area contributed by atoms with Gasteiger partial charge in [-0.1, -0.05) is 26.0 Å². The minimum Gasteiger partial charge on any atom is -0.481 e. The zero-order valence-corrected chi connectivity index (χ0v) is 17.3. The number of ether oxygens (including phenoxy) is 1. The van der Waals surface area contributed by atoms with Crippen LogP contribution in [-0.2, 0) is 21.2 Å². The lowest BCUT2D eigenvalue weighted by Crippen LogP contribution is -2.46. The second-order valence-electron chi connectivity index (χ2n) is 7.59. The van der Waals surface area contributed by atoms with Crippen LogP contribution >= 0.6 is 0 Å². The molecule has 1 aliphatic rings. The Balaban J connectivity index is 1.73. The maximum absolute atomic E-state index is 13.1. The smallest absolute Gasteiger partial charge is 0.264 e. The summed E-state index contributed by atoms with van der Waals surface area (Å²) in [5.74, 6) is 1.49. The molecule has 2 aromatic rings. The molecule has 1 aromatic carbocycles. The fourth-order valence-corrected chi connectivity index (χ4v) is 5.13. The third kappa shape index (κ3) is 4.95. The van der Waals surface area contributed by atoms with E-state index in [1.165, 1.54) is 5.56 Å². The summed E-state index contributed by atoms with van der Waals surface area (Å²) >= 11 is 0. The first-order valence-corrected chi connectivity index (χ1v) is 11.4. The Hall–Kier alpha value is -2.28. The van der Waals surface area contributed by atoms with Gasteiger partial charge in [0.15, 0.2) is 15.9 Å². The van der Waals surface area contributed by atoms with Crippen LogP contribution in [0.15, 0.2) is 47.1 Å². The van der Waals surface area contributed by atoms with Gasteiger partial charge in [-0.3, -0.25) is 4.79 Å². The van der Waals surface area contributed by atoms with E-state index < -0.39 is 15.9 Å². The van der Waals surface area contributed by atoms with E-state index >= 15 is 0 Å². The molecule has 3 rings (SSSR count). The van der Waals surface area contributed by atoms with Crippen molar-refractivity contribution in [1.82, 2.24) is 4.90 Å². The van der Waals surface area contributed by atoms with Crippen LogP contribution in [0.1, 0.15) is 44.4 Å². The average Bonchev–Trinajstić information content (AvgIpc) is 3.28. The standard InChI is InChI=1S/C21H27NO5S/c1-15(2)17-6-8-19(9-7-17)27-16(3)21(23)22(13-20-5-4-11-26-20)18-10-12-28(24,25)14-18/h4-9,11,15-16,18H,10,12-14H2,1-3H3/t16-,18+/m1/s1. The van der Waals surface area contributed by atoms with Gasteiger partial charge in [-0.25, -0.2) is 8.42 Å². The fourth-order valence-electron chi connectivity index (χ4n) is 3.40. The third-order valence-corrected chi connectivity index (χ3v) is 6.80. The van der Waals surface area contributed by atoms with E-state index in [9.17, 15) is 13.2 Å². The van der Waals surface area contributed by atoms with Gasteiger partial charge in [-0.05, 0) is 49.1 Å². The maximum Gasteiger partial charge on any atom is 0.264 e. The molecule has 2 atom stereocenters. The van der Waals surface area contributed by atoms with Gasteiger partial charge >= 0.3 is 0 Å². The highest BCUT2D eigenvalue weighted by molar-refractivity contribution is 7.91. The van der Waals surface area contributed by atoms with Crippen LogP contribution in [0.25, 0.3) is 0 Å². The molecule has 0 saturated carbocycles. The van der Waals surface area contributed by atoms with Crippen LogP contribution in [0.4, 0.5) is 0 Å². The van der Waals surface area contributed by atoms with Crippen molar-refractivity contribution in [3.05, 3.63) is 54.0 Å². The number of benzene rings is 1. The van der Waals surface area contributed by atoms with Gasteiger partial charge in [-0.2, -0.15) is 0 Å². The van der Waals surface area contributed by atoms with Crippen LogP contribution < -0.4 is 4.74 Å². The predicted molar refractivity (Wildman–Crippen MR) is 107 cm³/mol. The highest BCUT2D eigenvalue weighted by Gasteiger charge is 2.37. The quantitative estimate of drug-likeness (QED) is 0.706. The molecule has 1 amide bonds. The number of sulfone groups is 1. The first-order valence-electron chi connectivity index (χ1n) is 9.55. The topological polar surface area (TPSA) is 76.8 Å². The molecule has 1 saturated heterocycles. The second kappa shape index (κ2) is 8.39. The highest BCUT2D eigenvalue weighted by Crippen LogP contribution is 2.23. The maximum atomic E-state index is 13.1. The largest absolute Gasteiger partial charge is 0.481 e. The molecule has 2 heterocycles. The minimum absolute atomic E-state index is 0.0186. The van der Waals surface area contributed by atoms with E-state index in [0.717, 1.165) is 0 Å². The van der Waals surface area contributed by atoms with Crippen molar-refractivity contribution in [2.45, 2.75) is 51.8 Å². The van der Waals surface area contributed by atoms with Crippen molar-refractivity contribution < 1.29 is 22.4 Å². The number of hydrogen-bond acceptors (Lipinski definition) is 5. The van der Waals surface area contributed by atoms with Crippen molar-refractivity contribution in [1.29, 1.82) is 0 Å². The number of furan rings is 1. The van der Waals surface area contributed by atoms with Crippen LogP contribution in [0.3, 0.4) is 0 Å². The fraction of sp³-hybridized carbons (Fsp3) is 0.476. The summed E-state index contributed by atoms with van der Waals surface area (Å²) in [6.07, 6.45) is 1.24. The van der Waals surface area contributed by atoms with Crippen LogP contribution in [-0.4, -0.2) is 42.9 Å². The summed E-state index contributed by atoms with van der Waals surface area (Å²) in [6.45, 7) is 6.15. The van der Waals surface area contributed by atoms with E-state index in [2.05, 4.69) is 13.8 Å². The van der Waals surface area contributed by atoms with Crippen molar-refractivity contribution in [2.75, 3.05) is 11.5 Å². The summed E-state index contributed by atoms with van der Waals surface area (Å²) in [4.78, 5) is 14.7. The third-order valence-electron chi connectivity index (χ3n) is 5.05. The molecule has 0 bridgehead atoms. The molecule has 1 fully saturated rings. The van der Waals surface area contributed by atoms with Gasteiger partial charge in [0.05, 0.1) is 24.3 Å². The monoisotopic (exact) mass is 405 g/mol. The van der Waals surface area contributed by atoms with Gasteiger partial charge in [0, 0.05) is 6.04 Å². The summed E-state index contributed by atoms with van der Waals surface area (Å²) in [5, 5.41) is 0. The average molecular weight is 406 g/mol. The Morgan fingerprint density at radius 3 is 2.46 bits per heavy atom. The van der Waals surface area contributed by atoms with E-state index in [-0.39, 0.29) is 30.0 Å². The molecule has 0 unspecified atom stereocenters. The first-order chi connectivity index (χ1) is 13.2. The van der Waals surface area contributed by atoms with Gasteiger partial charge < -0.3 is 14.1 Å². The Labute approximate surface area is 166 Å². The van der Waals surface area contributed by atoms with Gasteiger partial charge in [0.25, 0.3) is 5.91 Å². The van der Waals surface area contributed by atoms with Crippen LogP contribution in [0.2, 0.25) is 0 Å². The normalized spacial score (nSPS) is 19.5. The molecule has 7 heteroatoms. The molecule has 1 aliphatic heterocycles. The Morgan fingerprint density at radius 1 is 1.21 bits per heavy atom. The molecule has 152 valence electrons. The van der Waals surface area contributed by atoms with Crippen molar-refractivity contribution in [3.8, 4) is 5.75 Å². The molecule has 6 nitrogen and oxygen atoms in total. The van der Waals surface area contributed by atoms with E-state index in [1.807, 2.05) is 24.3 Å². The number of nitrogens with zero attached hydrogens (tertiary/aromatic N) is 1. The molecular weight excluding hydrogens is 378 g/mol. The summed E-state index contributed by atoms with van der Waals surface area (Å²) in [7, 11) is -3.12. The van der Waals surface area contributed by atoms with Crippen molar-refractivity contribution in [3.63, 3.8) is 0 Å². The second-order valence-corrected chi connectivity index (χ2v) is 9.81. The number of rotatable bonds is 7. The van der Waals surface area contributed by atoms with E-state index in [1.54, 1.807) is 30.2 Å². The van der Waals surface area contributed by atoms with E-state index in [0.29, 0.717) is 23.8 Å². The summed E-state index contributed by atoms with van der Waals surface area (Å²) in [5.41, 5.74) is 1.20. The zero-order chi connectivity index (χ0) is 20.3. The SMILES string of the molecule is CC(C)c1ccc(O[C@H](C)C(=O)N(Cc2ccco2)[C@H]2CCS(=O)(=O)C2)cc1. The summed E-state index contributed by atoms with van der Waals surface area (Å²) < 4.78 is 35.1. The van der Waals surface area contributed by atoms with Crippen LogP contribution in [0.5, 0.6) is 5.75 Å². The molecule has 0 aliphatic carbocycles. The van der Waals surface area contributed by atoms with Gasteiger partial charge in [0.2, 0.25) is 0 Å².